The van der Waals surface area contributed by atoms with Gasteiger partial charge in [-0.05, 0) is 25.0 Å². The fraction of sp³-hybridized carbons (Fsp3) is 0.167. The van der Waals surface area contributed by atoms with Gasteiger partial charge >= 0.3 is 0 Å². The van der Waals surface area contributed by atoms with Gasteiger partial charge < -0.3 is 8.98 Å². The second-order valence-electron chi connectivity index (χ2n) is 5.54. The summed E-state index contributed by atoms with van der Waals surface area (Å²) in [5.41, 5.74) is 5.62. The summed E-state index contributed by atoms with van der Waals surface area (Å²) in [7, 11) is 0. The Morgan fingerprint density at radius 2 is 1.88 bits per heavy atom. The third-order valence-electron chi connectivity index (χ3n) is 3.85. The molecule has 5 nitrogen and oxygen atoms in total. The number of hydrogen-bond acceptors (Lipinski definition) is 4. The SMILES string of the molecule is Cc1nc2c(-c3nccn3-c3c(C)cncc3C)[c-]ccc2o1.[Ir]. The Bertz CT molecular complexity index is 999. The number of oxazole rings is 1. The van der Waals surface area contributed by atoms with Gasteiger partial charge in [-0.25, -0.2) is 0 Å². The molecule has 0 unspecified atom stereocenters. The molecule has 0 spiro atoms. The zero-order valence-electron chi connectivity index (χ0n) is 13.5. The van der Waals surface area contributed by atoms with Crippen molar-refractivity contribution in [2.75, 3.05) is 0 Å². The quantitative estimate of drug-likeness (QED) is 0.397. The average molecular weight is 496 g/mol. The standard InChI is InChI=1S/C18H15N4O.Ir/c1-11-9-19-10-12(2)17(11)22-8-7-20-18(22)14-5-4-6-15-16(14)21-13(3)23-15;/h4,6-10H,1-3H3;/q-1;. The van der Waals surface area contributed by atoms with Gasteiger partial charge in [-0.15, -0.1) is 12.1 Å². The van der Waals surface area contributed by atoms with Gasteiger partial charge in [0.1, 0.15) is 0 Å². The number of aromatic nitrogens is 4. The van der Waals surface area contributed by atoms with Crippen molar-refractivity contribution in [3.05, 3.63) is 60.0 Å². The van der Waals surface area contributed by atoms with Crippen molar-refractivity contribution < 1.29 is 24.5 Å². The van der Waals surface area contributed by atoms with E-state index in [9.17, 15) is 0 Å². The van der Waals surface area contributed by atoms with E-state index in [1.165, 1.54) is 0 Å². The first-order valence-electron chi connectivity index (χ1n) is 7.38. The Kier molecular flexibility index (Phi) is 4.35. The summed E-state index contributed by atoms with van der Waals surface area (Å²) in [5.74, 6) is 1.43. The summed E-state index contributed by atoms with van der Waals surface area (Å²) < 4.78 is 7.68. The third-order valence-corrected chi connectivity index (χ3v) is 3.85. The van der Waals surface area contributed by atoms with Gasteiger partial charge in [0.15, 0.2) is 5.89 Å². The molecule has 0 fully saturated rings. The maximum atomic E-state index is 5.62. The van der Waals surface area contributed by atoms with Crippen LogP contribution in [0, 0.1) is 26.8 Å². The molecular formula is C18H15IrN4O-. The molecule has 123 valence electrons. The summed E-state index contributed by atoms with van der Waals surface area (Å²) in [6.07, 6.45) is 7.45. The van der Waals surface area contributed by atoms with Crippen LogP contribution in [0.1, 0.15) is 17.0 Å². The molecule has 1 aromatic carbocycles. The molecule has 0 bridgehead atoms. The van der Waals surface area contributed by atoms with E-state index in [1.807, 2.05) is 51.5 Å². The molecule has 3 heterocycles. The molecule has 0 aliphatic rings. The first kappa shape index (κ1) is 16.6. The molecule has 3 aromatic heterocycles. The molecular weight excluding hydrogens is 480 g/mol. The number of rotatable bonds is 2. The van der Waals surface area contributed by atoms with Crippen molar-refractivity contribution in [3.63, 3.8) is 0 Å². The first-order chi connectivity index (χ1) is 11.1. The molecule has 0 aliphatic carbocycles. The fourth-order valence-corrected chi connectivity index (χ4v) is 2.92. The van der Waals surface area contributed by atoms with E-state index in [0.717, 1.165) is 39.3 Å². The van der Waals surface area contributed by atoms with E-state index in [4.69, 9.17) is 4.42 Å². The second kappa shape index (κ2) is 6.30. The minimum Gasteiger partial charge on any atom is -0.461 e. The Labute approximate surface area is 153 Å². The number of hydrogen-bond donors (Lipinski definition) is 0. The Hall–Kier alpha value is -2.30. The Morgan fingerprint density at radius 1 is 1.12 bits per heavy atom. The van der Waals surface area contributed by atoms with Crippen LogP contribution in [0.5, 0.6) is 0 Å². The van der Waals surface area contributed by atoms with Gasteiger partial charge in [0.05, 0.1) is 11.4 Å². The van der Waals surface area contributed by atoms with Gasteiger partial charge in [0, 0.05) is 63.0 Å². The number of benzene rings is 1. The minimum atomic E-state index is 0. The van der Waals surface area contributed by atoms with Gasteiger partial charge in [-0.1, -0.05) is 11.6 Å². The summed E-state index contributed by atoms with van der Waals surface area (Å²) in [4.78, 5) is 13.3. The monoisotopic (exact) mass is 496 g/mol. The normalized spacial score (nSPS) is 10.8. The zero-order valence-corrected chi connectivity index (χ0v) is 15.9. The van der Waals surface area contributed by atoms with E-state index < -0.39 is 0 Å². The van der Waals surface area contributed by atoms with Gasteiger partial charge in [0.2, 0.25) is 0 Å². The minimum absolute atomic E-state index is 0. The van der Waals surface area contributed by atoms with Crippen LogP contribution >= 0.6 is 0 Å². The van der Waals surface area contributed by atoms with Crippen LogP contribution in [0.4, 0.5) is 0 Å². The number of fused-ring (bicyclic) bond motifs is 1. The maximum absolute atomic E-state index is 5.62. The van der Waals surface area contributed by atoms with Crippen LogP contribution in [0.25, 0.3) is 28.2 Å². The van der Waals surface area contributed by atoms with Gasteiger partial charge in [-0.2, -0.15) is 0 Å². The van der Waals surface area contributed by atoms with Crippen molar-refractivity contribution in [3.8, 4) is 17.1 Å². The molecule has 0 saturated carbocycles. The van der Waals surface area contributed by atoms with Crippen molar-refractivity contribution in [1.82, 2.24) is 19.5 Å². The number of aryl methyl sites for hydroxylation is 3. The number of pyridine rings is 1. The first-order valence-corrected chi connectivity index (χ1v) is 7.38. The van der Waals surface area contributed by atoms with Crippen LogP contribution < -0.4 is 0 Å². The predicted octanol–water partition coefficient (Wildman–Crippen LogP) is 3.80. The van der Waals surface area contributed by atoms with Crippen molar-refractivity contribution in [1.29, 1.82) is 0 Å². The largest absolute Gasteiger partial charge is 0.461 e. The fourth-order valence-electron chi connectivity index (χ4n) is 2.92. The van der Waals surface area contributed by atoms with E-state index in [0.29, 0.717) is 5.89 Å². The average Bonchev–Trinajstić information content (AvgIpc) is 3.12. The molecule has 4 aromatic rings. The molecule has 0 amide bonds. The van der Waals surface area contributed by atoms with Gasteiger partial charge in [0.25, 0.3) is 0 Å². The number of nitrogens with zero attached hydrogens (tertiary/aromatic N) is 4. The molecule has 0 N–H and O–H groups in total. The van der Waals surface area contributed by atoms with E-state index >= 15 is 0 Å². The van der Waals surface area contributed by atoms with Crippen molar-refractivity contribution in [2.45, 2.75) is 20.8 Å². The molecule has 6 heteroatoms. The molecule has 0 saturated heterocycles. The Morgan fingerprint density at radius 3 is 2.62 bits per heavy atom. The summed E-state index contributed by atoms with van der Waals surface area (Å²) in [5, 5.41) is 0. The zero-order chi connectivity index (χ0) is 16.0. The van der Waals surface area contributed by atoms with E-state index in [2.05, 4.69) is 25.6 Å². The molecule has 1 radical (unpaired) electrons. The van der Waals surface area contributed by atoms with Crippen molar-refractivity contribution in [2.24, 2.45) is 0 Å². The molecule has 0 atom stereocenters. The van der Waals surface area contributed by atoms with Crippen molar-refractivity contribution >= 4 is 11.1 Å². The van der Waals surface area contributed by atoms with Crippen LogP contribution in [-0.2, 0) is 20.1 Å². The maximum Gasteiger partial charge on any atom is 0.180 e. The van der Waals surface area contributed by atoms with E-state index in [-0.39, 0.29) is 20.1 Å². The molecule has 24 heavy (non-hydrogen) atoms. The summed E-state index contributed by atoms with van der Waals surface area (Å²) >= 11 is 0. The van der Waals surface area contributed by atoms with Gasteiger partial charge in [-0.3, -0.25) is 15.0 Å². The topological polar surface area (TPSA) is 56.7 Å². The third kappa shape index (κ3) is 2.58. The molecule has 0 aliphatic heterocycles. The van der Waals surface area contributed by atoms with Crippen LogP contribution in [0.2, 0.25) is 0 Å². The molecule has 4 rings (SSSR count). The summed E-state index contributed by atoms with van der Waals surface area (Å²) in [6, 6.07) is 6.97. The van der Waals surface area contributed by atoms with Crippen LogP contribution in [0.3, 0.4) is 0 Å². The van der Waals surface area contributed by atoms with Crippen LogP contribution in [0.15, 0.2) is 41.3 Å². The number of imidazole rings is 1. The second-order valence-corrected chi connectivity index (χ2v) is 5.54. The van der Waals surface area contributed by atoms with E-state index in [1.54, 1.807) is 6.20 Å². The smallest absolute Gasteiger partial charge is 0.180 e. The van der Waals surface area contributed by atoms with Crippen LogP contribution in [-0.4, -0.2) is 19.5 Å². The predicted molar refractivity (Wildman–Crippen MR) is 87.4 cm³/mol. The summed E-state index contributed by atoms with van der Waals surface area (Å²) in [6.45, 7) is 5.93. The Balaban J connectivity index is 0.00000169.